The van der Waals surface area contributed by atoms with E-state index in [9.17, 15) is 0 Å². The maximum Gasteiger partial charge on any atom is 0.127 e. The number of hydrogen-bond donors (Lipinski definition) is 1. The van der Waals surface area contributed by atoms with Gasteiger partial charge in [-0.05, 0) is 30.7 Å². The molecule has 0 aliphatic rings. The lowest BCUT2D eigenvalue weighted by atomic mass is 10.1. The van der Waals surface area contributed by atoms with E-state index in [-0.39, 0.29) is 0 Å². The second-order valence-corrected chi connectivity index (χ2v) is 4.72. The van der Waals surface area contributed by atoms with E-state index in [4.69, 9.17) is 16.3 Å². The second kappa shape index (κ2) is 6.18. The first-order valence-corrected chi connectivity index (χ1v) is 6.75. The van der Waals surface area contributed by atoms with Crippen molar-refractivity contribution in [2.24, 2.45) is 0 Å². The van der Waals surface area contributed by atoms with Crippen molar-refractivity contribution in [3.05, 3.63) is 41.4 Å². The minimum absolute atomic E-state index is 0.728. The van der Waals surface area contributed by atoms with Crippen molar-refractivity contribution in [1.82, 2.24) is 0 Å². The van der Waals surface area contributed by atoms with E-state index in [1.54, 1.807) is 0 Å². The van der Waals surface area contributed by atoms with Crippen LogP contribution in [0.4, 0.5) is 0 Å². The van der Waals surface area contributed by atoms with Crippen LogP contribution in [0.15, 0.2) is 36.4 Å². The Hall–Kier alpha value is -0.860. The average molecular weight is 267 g/mol. The van der Waals surface area contributed by atoms with Crippen molar-refractivity contribution in [3.8, 4) is 5.75 Å². The molecule has 0 spiro atoms. The Morgan fingerprint density at radius 2 is 1.76 bits per heavy atom. The third kappa shape index (κ3) is 3.08. The number of fused-ring (bicyclic) bond motifs is 1. The summed E-state index contributed by atoms with van der Waals surface area (Å²) in [6.45, 7) is 0.728. The predicted octanol–water partition coefficient (Wildman–Crippen LogP) is 4.58. The van der Waals surface area contributed by atoms with Gasteiger partial charge >= 0.3 is 0 Å². The highest BCUT2D eigenvalue weighted by Gasteiger charge is 2.04. The van der Waals surface area contributed by atoms with Crippen LogP contribution in [0, 0.1) is 0 Å². The molecule has 0 N–H and O–H groups in total. The summed E-state index contributed by atoms with van der Waals surface area (Å²) in [4.78, 5) is 0. The van der Waals surface area contributed by atoms with Crippen LogP contribution in [0.1, 0.15) is 12.8 Å². The van der Waals surface area contributed by atoms with E-state index >= 15 is 0 Å². The highest BCUT2D eigenvalue weighted by molar-refractivity contribution is 7.80. The quantitative estimate of drug-likeness (QED) is 0.616. The standard InChI is InChI=1S/C14H15ClOS/c15-13-7-8-14(16-9-3-4-10-17)12-6-2-1-5-11(12)13/h1-2,5-8,17H,3-4,9-10H2. The average Bonchev–Trinajstić information content (AvgIpc) is 2.37. The molecule has 0 saturated heterocycles. The summed E-state index contributed by atoms with van der Waals surface area (Å²) in [5.74, 6) is 1.81. The molecule has 0 aromatic heterocycles. The van der Waals surface area contributed by atoms with Crippen LogP contribution in [0.5, 0.6) is 5.75 Å². The number of unbranched alkanes of at least 4 members (excludes halogenated alkanes) is 1. The highest BCUT2D eigenvalue weighted by Crippen LogP contribution is 2.31. The van der Waals surface area contributed by atoms with Gasteiger partial charge in [-0.1, -0.05) is 35.9 Å². The van der Waals surface area contributed by atoms with Crippen LogP contribution >= 0.6 is 24.2 Å². The SMILES string of the molecule is SCCCCOc1ccc(Cl)c2ccccc12. The molecule has 0 aliphatic heterocycles. The van der Waals surface area contributed by atoms with Crippen LogP contribution in [-0.2, 0) is 0 Å². The van der Waals surface area contributed by atoms with Gasteiger partial charge in [0, 0.05) is 15.8 Å². The van der Waals surface area contributed by atoms with Gasteiger partial charge < -0.3 is 4.74 Å². The largest absolute Gasteiger partial charge is 0.493 e. The van der Waals surface area contributed by atoms with E-state index in [0.717, 1.165) is 46.7 Å². The molecular formula is C14H15ClOS. The molecule has 0 aliphatic carbocycles. The Morgan fingerprint density at radius 1 is 1.00 bits per heavy atom. The molecule has 90 valence electrons. The van der Waals surface area contributed by atoms with Crippen molar-refractivity contribution in [1.29, 1.82) is 0 Å². The smallest absolute Gasteiger partial charge is 0.127 e. The van der Waals surface area contributed by atoms with Gasteiger partial charge in [-0.2, -0.15) is 12.6 Å². The van der Waals surface area contributed by atoms with Gasteiger partial charge in [-0.25, -0.2) is 0 Å². The fourth-order valence-corrected chi connectivity index (χ4v) is 2.21. The van der Waals surface area contributed by atoms with Crippen LogP contribution in [0.3, 0.4) is 0 Å². The Balaban J connectivity index is 2.20. The van der Waals surface area contributed by atoms with Gasteiger partial charge in [0.25, 0.3) is 0 Å². The van der Waals surface area contributed by atoms with Gasteiger partial charge in [0.15, 0.2) is 0 Å². The summed E-state index contributed by atoms with van der Waals surface area (Å²) >= 11 is 10.3. The molecule has 1 nitrogen and oxygen atoms in total. The maximum atomic E-state index is 6.15. The zero-order chi connectivity index (χ0) is 12.1. The van der Waals surface area contributed by atoms with E-state index in [2.05, 4.69) is 12.6 Å². The summed E-state index contributed by atoms with van der Waals surface area (Å²) < 4.78 is 5.78. The Kier molecular flexibility index (Phi) is 4.57. The molecule has 2 rings (SSSR count). The third-order valence-electron chi connectivity index (χ3n) is 2.64. The third-order valence-corrected chi connectivity index (χ3v) is 3.29. The number of rotatable bonds is 5. The molecule has 2 aromatic carbocycles. The van der Waals surface area contributed by atoms with Crippen LogP contribution in [-0.4, -0.2) is 12.4 Å². The number of hydrogen-bond acceptors (Lipinski definition) is 2. The summed E-state index contributed by atoms with van der Waals surface area (Å²) in [5.41, 5.74) is 0. The minimum Gasteiger partial charge on any atom is -0.493 e. The van der Waals surface area contributed by atoms with E-state index in [1.165, 1.54) is 0 Å². The molecular weight excluding hydrogens is 252 g/mol. The lowest BCUT2D eigenvalue weighted by Crippen LogP contribution is -1.98. The summed E-state index contributed by atoms with van der Waals surface area (Å²) in [7, 11) is 0. The number of thiol groups is 1. The number of benzene rings is 2. The molecule has 0 bridgehead atoms. The van der Waals surface area contributed by atoms with Crippen molar-refractivity contribution in [2.75, 3.05) is 12.4 Å². The van der Waals surface area contributed by atoms with Crippen molar-refractivity contribution < 1.29 is 4.74 Å². The zero-order valence-electron chi connectivity index (χ0n) is 9.53. The van der Waals surface area contributed by atoms with E-state index in [0.29, 0.717) is 0 Å². The lowest BCUT2D eigenvalue weighted by molar-refractivity contribution is 0.313. The van der Waals surface area contributed by atoms with Crippen molar-refractivity contribution >= 4 is 35.0 Å². The Labute approximate surface area is 112 Å². The maximum absolute atomic E-state index is 6.15. The van der Waals surface area contributed by atoms with Crippen LogP contribution in [0.25, 0.3) is 10.8 Å². The summed E-state index contributed by atoms with van der Waals surface area (Å²) in [6.07, 6.45) is 2.11. The molecule has 0 atom stereocenters. The molecule has 0 unspecified atom stereocenters. The van der Waals surface area contributed by atoms with Gasteiger partial charge in [0.05, 0.1) is 6.61 Å². The first-order valence-electron chi connectivity index (χ1n) is 5.74. The summed E-state index contributed by atoms with van der Waals surface area (Å²) in [5, 5.41) is 2.88. The van der Waals surface area contributed by atoms with E-state index in [1.807, 2.05) is 36.4 Å². The molecule has 3 heteroatoms. The Morgan fingerprint density at radius 3 is 2.53 bits per heavy atom. The fraction of sp³-hybridized carbons (Fsp3) is 0.286. The molecule has 17 heavy (non-hydrogen) atoms. The van der Waals surface area contributed by atoms with Gasteiger partial charge in [0.2, 0.25) is 0 Å². The van der Waals surface area contributed by atoms with Gasteiger partial charge in [-0.3, -0.25) is 0 Å². The second-order valence-electron chi connectivity index (χ2n) is 3.87. The first kappa shape index (κ1) is 12.6. The van der Waals surface area contributed by atoms with Crippen LogP contribution in [0.2, 0.25) is 5.02 Å². The molecule has 0 heterocycles. The van der Waals surface area contributed by atoms with Crippen molar-refractivity contribution in [2.45, 2.75) is 12.8 Å². The summed E-state index contributed by atoms with van der Waals surface area (Å²) in [6, 6.07) is 11.9. The van der Waals surface area contributed by atoms with Gasteiger partial charge in [-0.15, -0.1) is 0 Å². The number of halogens is 1. The molecule has 2 aromatic rings. The van der Waals surface area contributed by atoms with Crippen LogP contribution < -0.4 is 4.74 Å². The highest BCUT2D eigenvalue weighted by atomic mass is 35.5. The molecule has 0 radical (unpaired) electrons. The first-order chi connectivity index (χ1) is 8.33. The topological polar surface area (TPSA) is 9.23 Å². The normalized spacial score (nSPS) is 10.7. The Bertz CT molecular complexity index is 499. The van der Waals surface area contributed by atoms with Gasteiger partial charge in [0.1, 0.15) is 5.75 Å². The van der Waals surface area contributed by atoms with E-state index < -0.39 is 0 Å². The monoisotopic (exact) mass is 266 g/mol. The molecule has 0 saturated carbocycles. The molecule has 0 amide bonds. The number of ether oxygens (including phenoxy) is 1. The lowest BCUT2D eigenvalue weighted by Gasteiger charge is -2.09. The zero-order valence-corrected chi connectivity index (χ0v) is 11.2. The minimum atomic E-state index is 0.728. The predicted molar refractivity (Wildman–Crippen MR) is 77.5 cm³/mol. The molecule has 0 fully saturated rings. The fourth-order valence-electron chi connectivity index (χ4n) is 1.76. The van der Waals surface area contributed by atoms with Crippen molar-refractivity contribution in [3.63, 3.8) is 0 Å².